The maximum absolute atomic E-state index is 14.2. The molecule has 1 heterocycles. The summed E-state index contributed by atoms with van der Waals surface area (Å²) in [7, 11) is -6.22. The molecule has 6 aromatic rings. The van der Waals surface area contributed by atoms with Gasteiger partial charge in [-0.1, -0.05) is 30.3 Å². The highest BCUT2D eigenvalue weighted by Crippen LogP contribution is 2.36. The number of hydrogen-bond donors (Lipinski definition) is 13. The van der Waals surface area contributed by atoms with Gasteiger partial charge in [0.25, 0.3) is 11.8 Å². The fourth-order valence-electron chi connectivity index (χ4n) is 7.38. The molecule has 1 aliphatic rings. The van der Waals surface area contributed by atoms with Gasteiger partial charge in [-0.15, -0.1) is 0 Å². The number of Topliss-reactive ketones (excluding diaryl/α,β-unsaturated/α-hetero) is 1. The first kappa shape index (κ1) is 72.6. The maximum Gasteiger partial charge on any atom is 0.494 e. The van der Waals surface area contributed by atoms with Crippen LogP contribution in [-0.2, 0) is 35.5 Å². The summed E-state index contributed by atoms with van der Waals surface area (Å²) >= 11 is 0. The van der Waals surface area contributed by atoms with Crippen LogP contribution in [0, 0.1) is 23.3 Å². The van der Waals surface area contributed by atoms with Crippen LogP contribution in [0.25, 0.3) is 0 Å². The Balaban J connectivity index is 0.000000426. The van der Waals surface area contributed by atoms with E-state index < -0.39 is 98.2 Å². The number of carbonyl (C=O) groups is 6. The Hall–Kier alpha value is -7.50. The van der Waals surface area contributed by atoms with Crippen molar-refractivity contribution in [3.05, 3.63) is 188 Å². The number of carboxylic acid groups (broad SMARTS) is 3. The quantitative estimate of drug-likeness (QED) is 0.0243. The fourth-order valence-corrected chi connectivity index (χ4v) is 7.38. The summed E-state index contributed by atoms with van der Waals surface area (Å²) in [5.41, 5.74) is 8.25. The van der Waals surface area contributed by atoms with Gasteiger partial charge >= 0.3 is 46.4 Å². The number of carboxylic acids is 3. The minimum atomic E-state index is -1.91. The summed E-state index contributed by atoms with van der Waals surface area (Å²) in [5, 5.41) is 85.1. The number of amides is 2. The Kier molecular flexibility index (Phi) is 27.6. The van der Waals surface area contributed by atoms with Crippen LogP contribution in [0.3, 0.4) is 0 Å². The lowest BCUT2D eigenvalue weighted by molar-refractivity contribution is -0.388. The minimum Gasteiger partial charge on any atom is -1.00 e. The molecule has 31 heteroatoms. The lowest BCUT2D eigenvalue weighted by atomic mass is 9.78. The summed E-state index contributed by atoms with van der Waals surface area (Å²) in [6.45, 7) is 9.89. The predicted octanol–water partition coefficient (Wildman–Crippen LogP) is -6.71. The molecule has 446 valence electrons. The van der Waals surface area contributed by atoms with Crippen molar-refractivity contribution in [1.29, 1.82) is 0 Å². The number of quaternary nitrogens is 2. The molecule has 0 aliphatic carbocycles. The first-order valence-electron chi connectivity index (χ1n) is 24.5. The predicted molar refractivity (Wildman–Crippen MR) is 290 cm³/mol. The fraction of sp³-hybridized carbons (Fsp3) is 0.208. The van der Waals surface area contributed by atoms with Gasteiger partial charge in [-0.3, -0.25) is 14.4 Å². The average Bonchev–Trinajstić information content (AvgIpc) is 3.93. The molecule has 0 atom stereocenters. The van der Waals surface area contributed by atoms with E-state index in [0.717, 1.165) is 65.7 Å². The lowest BCUT2D eigenvalue weighted by Gasteiger charge is -2.32. The van der Waals surface area contributed by atoms with E-state index in [9.17, 15) is 51.4 Å². The molecule has 0 spiro atoms. The number of halogens is 6. The zero-order valence-corrected chi connectivity index (χ0v) is 47.0. The van der Waals surface area contributed by atoms with Crippen LogP contribution in [0.2, 0.25) is 0 Å². The summed E-state index contributed by atoms with van der Waals surface area (Å²) in [5.74, 6) is -9.04. The van der Waals surface area contributed by atoms with E-state index >= 15 is 0 Å². The molecule has 0 bridgehead atoms. The van der Waals surface area contributed by atoms with Gasteiger partial charge < -0.3 is 102 Å². The average molecular weight is 1210 g/mol. The van der Waals surface area contributed by atoms with Crippen molar-refractivity contribution in [1.82, 2.24) is 10.6 Å². The Morgan fingerprint density at radius 3 is 1.10 bits per heavy atom. The Bertz CT molecular complexity index is 3220. The summed E-state index contributed by atoms with van der Waals surface area (Å²) in [6.07, 6.45) is 0. The molecule has 1 aliphatic heterocycles. The highest BCUT2D eigenvalue weighted by atomic mass is 35.5. The second kappa shape index (κ2) is 32.0. The molecule has 0 radical (unpaired) electrons. The zero-order valence-electron chi connectivity index (χ0n) is 45.5. The van der Waals surface area contributed by atoms with Crippen LogP contribution in [-0.4, -0.2) is 121 Å². The van der Waals surface area contributed by atoms with Gasteiger partial charge in [-0.25, -0.2) is 31.9 Å². The molecule has 0 unspecified atom stereocenters. The van der Waals surface area contributed by atoms with Crippen molar-refractivity contribution in [2.45, 2.75) is 72.0 Å². The van der Waals surface area contributed by atoms with Gasteiger partial charge in [0.2, 0.25) is 0 Å². The summed E-state index contributed by atoms with van der Waals surface area (Å²) in [4.78, 5) is 68.5. The largest absolute Gasteiger partial charge is 1.00 e. The van der Waals surface area contributed by atoms with Gasteiger partial charge in [0, 0.05) is 24.2 Å². The lowest BCUT2D eigenvalue weighted by Crippen LogP contribution is -3.00. The summed E-state index contributed by atoms with van der Waals surface area (Å²) in [6, 6.07) is 22.7. The number of hydrogen-bond acceptors (Lipinski definition) is 14. The van der Waals surface area contributed by atoms with Crippen molar-refractivity contribution in [2.24, 2.45) is 0 Å². The number of carbonyl (C=O) groups excluding carboxylic acids is 3. The molecule has 2 amide bonds. The van der Waals surface area contributed by atoms with Crippen LogP contribution in [0.1, 0.15) is 119 Å². The van der Waals surface area contributed by atoms with Crippen LogP contribution in [0.4, 0.5) is 17.6 Å². The van der Waals surface area contributed by atoms with Crippen LogP contribution < -0.4 is 68.8 Å². The summed E-state index contributed by atoms with van der Waals surface area (Å²) < 4.78 is 66.7. The van der Waals surface area contributed by atoms with E-state index in [1.165, 1.54) is 37.3 Å². The number of rotatable bonds is 16. The molecule has 0 aromatic heterocycles. The molecule has 1 fully saturated rings. The van der Waals surface area contributed by atoms with Gasteiger partial charge in [0.15, 0.2) is 5.78 Å². The van der Waals surface area contributed by atoms with E-state index in [4.69, 9.17) is 49.7 Å². The number of ketones is 1. The van der Waals surface area contributed by atoms with Gasteiger partial charge in [0.1, 0.15) is 23.3 Å². The Labute approximate surface area is 492 Å². The van der Waals surface area contributed by atoms with Crippen LogP contribution in [0.15, 0.2) is 109 Å². The SMILES string of the molecule is CC(=O)c1ccc(B2OC(C)(C)C(C)(C)O2)cc1F.O=C(O)c1cc(CNC(=O)c2ccc(B(O)O)cc2F)cc(CNC(=O)c2ccc(B(O)O)cc2F)c1.O=C(O)c1ccc(B(O)O)cc1F.[Cl-].[Cl-].[NH3+]Cc1cc(C[NH3+])cc(C(=O)O)c1. The third-order valence-electron chi connectivity index (χ3n) is 12.6. The topological polar surface area (TPSA) is 382 Å². The normalized spacial score (nSPS) is 12.4. The van der Waals surface area contributed by atoms with E-state index in [0.29, 0.717) is 35.2 Å². The molecule has 21 nitrogen and oxygen atoms in total. The first-order valence-corrected chi connectivity index (χ1v) is 24.5. The standard InChI is InChI=1S/C23H20B2F2N2O8.C14H18BFO3.C9H12N2O2.C7H6BFO4.2ClH/c26-19-8-15(24(34)35)1-3-17(19)21(30)28-10-12-5-13(7-14(6-12)23(32)33)11-29-22(31)18-4-2-16(25(36)37)9-20(18)27;1-9(17)11-7-6-10(8-12(11)16)15-18-13(2,3)14(4,5)19-15;10-4-6-1-7(5-11)3-8(2-6)9(12)13;9-6-3-4(8(12)13)1-2-5(6)7(10)11;;/h1-9,34-37H,10-11H2,(H,28,30)(H,29,31)(H,32,33);6-8H,1-5H3;1-3H,4-5,10-11H2,(H,12,13);1-3,12-13H,(H,10,11);2*1H. The zero-order chi connectivity index (χ0) is 61.6. The molecule has 7 rings (SSSR count). The molecule has 0 saturated carbocycles. The highest BCUT2D eigenvalue weighted by Gasteiger charge is 2.51. The Morgan fingerprint density at radius 2 is 0.798 bits per heavy atom. The van der Waals surface area contributed by atoms with E-state index in [-0.39, 0.29) is 82.3 Å². The Morgan fingerprint density at radius 1 is 0.476 bits per heavy atom. The van der Waals surface area contributed by atoms with Crippen molar-refractivity contribution in [3.63, 3.8) is 0 Å². The van der Waals surface area contributed by atoms with Crippen molar-refractivity contribution >= 4 is 85.8 Å². The maximum atomic E-state index is 14.2. The monoisotopic (exact) mass is 1210 g/mol. The minimum absolute atomic E-state index is 0. The second-order valence-corrected chi connectivity index (χ2v) is 19.1. The molecule has 6 aromatic carbocycles. The number of nitrogens with one attached hydrogen (secondary N) is 2. The first-order chi connectivity index (χ1) is 38.3. The van der Waals surface area contributed by atoms with Gasteiger partial charge in [-0.2, -0.15) is 0 Å². The second-order valence-electron chi connectivity index (χ2n) is 19.1. The van der Waals surface area contributed by atoms with Gasteiger partial charge in [-0.05, 0) is 146 Å². The molecule has 84 heavy (non-hydrogen) atoms. The number of aromatic carboxylic acids is 3. The van der Waals surface area contributed by atoms with Crippen molar-refractivity contribution < 1.29 is 137 Å². The third-order valence-corrected chi connectivity index (χ3v) is 12.6. The highest BCUT2D eigenvalue weighted by molar-refractivity contribution is 6.62. The molecular formula is C53H58B4Cl2F4N4O17. The van der Waals surface area contributed by atoms with E-state index in [1.807, 2.05) is 33.8 Å². The van der Waals surface area contributed by atoms with Crippen LogP contribution in [0.5, 0.6) is 0 Å². The smallest absolute Gasteiger partial charge is 0.494 e. The number of benzene rings is 6. The molecular weight excluding hydrogens is 1150 g/mol. The van der Waals surface area contributed by atoms with E-state index in [1.54, 1.807) is 18.2 Å². The van der Waals surface area contributed by atoms with E-state index in [2.05, 4.69) is 22.1 Å². The van der Waals surface area contributed by atoms with Crippen molar-refractivity contribution in [2.75, 3.05) is 0 Å². The molecule has 17 N–H and O–H groups in total. The van der Waals surface area contributed by atoms with Crippen LogP contribution >= 0.6 is 0 Å². The van der Waals surface area contributed by atoms with Crippen molar-refractivity contribution in [3.8, 4) is 0 Å². The third kappa shape index (κ3) is 20.1. The molecule has 1 saturated heterocycles. The van der Waals surface area contributed by atoms with Gasteiger partial charge in [0.05, 0.1) is 57.7 Å².